The van der Waals surface area contributed by atoms with Crippen molar-refractivity contribution in [3.05, 3.63) is 28.7 Å². The lowest BCUT2D eigenvalue weighted by Gasteiger charge is -2.49. The maximum Gasteiger partial charge on any atom is 0.329 e. The van der Waals surface area contributed by atoms with E-state index < -0.39 is 11.9 Å². The molecule has 0 bridgehead atoms. The number of carbonyl (C=O) groups is 2. The van der Waals surface area contributed by atoms with Gasteiger partial charge in [0.1, 0.15) is 6.04 Å². The molecule has 3 aliphatic heterocycles. The number of aromatic nitrogens is 2. The molecular weight excluding hydrogens is 358 g/mol. The number of imide groups is 1. The van der Waals surface area contributed by atoms with E-state index in [9.17, 15) is 14.4 Å². The van der Waals surface area contributed by atoms with Gasteiger partial charge in [-0.1, -0.05) is 0 Å². The van der Waals surface area contributed by atoms with Gasteiger partial charge < -0.3 is 10.2 Å². The molecule has 3 fully saturated rings. The molecule has 0 radical (unpaired) electrons. The number of piperidine rings is 2. The summed E-state index contributed by atoms with van der Waals surface area (Å²) < 4.78 is 3.13. The van der Waals surface area contributed by atoms with Gasteiger partial charge in [0, 0.05) is 45.3 Å². The Hall–Kier alpha value is -2.61. The Kier molecular flexibility index (Phi) is 3.87. The van der Waals surface area contributed by atoms with Crippen molar-refractivity contribution < 1.29 is 9.59 Å². The monoisotopic (exact) mass is 383 g/mol. The normalized spacial score (nSPS) is 24.5. The highest BCUT2D eigenvalue weighted by Crippen LogP contribution is 2.37. The number of amides is 2. The SMILES string of the molecule is Cn1c(=O)n(C2CCC(=O)NC2=O)c2ccc(N3CCC4(CC3)CNC4)cc21. The van der Waals surface area contributed by atoms with Gasteiger partial charge in [-0.25, -0.2) is 4.79 Å². The number of hydrogen-bond donors (Lipinski definition) is 2. The number of aryl methyl sites for hydroxylation is 1. The van der Waals surface area contributed by atoms with Crippen LogP contribution in [0.15, 0.2) is 23.0 Å². The summed E-state index contributed by atoms with van der Waals surface area (Å²) in [6.45, 7) is 4.30. The third-order valence-electron chi connectivity index (χ3n) is 6.78. The van der Waals surface area contributed by atoms with Crippen LogP contribution in [0.5, 0.6) is 0 Å². The third kappa shape index (κ3) is 2.58. The lowest BCUT2D eigenvalue weighted by molar-refractivity contribution is -0.135. The molecule has 8 nitrogen and oxygen atoms in total. The number of nitrogens with one attached hydrogen (secondary N) is 2. The summed E-state index contributed by atoms with van der Waals surface area (Å²) in [5, 5.41) is 5.74. The summed E-state index contributed by atoms with van der Waals surface area (Å²) in [6.07, 6.45) is 2.98. The fraction of sp³-hybridized carbons (Fsp3) is 0.550. The molecule has 148 valence electrons. The minimum absolute atomic E-state index is 0.222. The molecule has 0 saturated carbocycles. The second kappa shape index (κ2) is 6.20. The van der Waals surface area contributed by atoms with Gasteiger partial charge in [-0.2, -0.15) is 0 Å². The summed E-state index contributed by atoms with van der Waals surface area (Å²) in [7, 11) is 1.74. The molecule has 3 aliphatic rings. The molecule has 28 heavy (non-hydrogen) atoms. The molecule has 5 rings (SSSR count). The first-order valence-electron chi connectivity index (χ1n) is 9.98. The third-order valence-corrected chi connectivity index (χ3v) is 6.78. The molecule has 3 saturated heterocycles. The molecule has 1 aromatic carbocycles. The topological polar surface area (TPSA) is 88.4 Å². The van der Waals surface area contributed by atoms with Crippen molar-refractivity contribution in [2.24, 2.45) is 12.5 Å². The fourth-order valence-corrected chi connectivity index (χ4v) is 4.85. The van der Waals surface area contributed by atoms with Crippen LogP contribution in [-0.2, 0) is 16.6 Å². The lowest BCUT2D eigenvalue weighted by Crippen LogP contribution is -2.58. The van der Waals surface area contributed by atoms with Crippen LogP contribution in [0.3, 0.4) is 0 Å². The second-order valence-corrected chi connectivity index (χ2v) is 8.44. The van der Waals surface area contributed by atoms with E-state index >= 15 is 0 Å². The molecule has 1 atom stereocenters. The number of nitrogens with zero attached hydrogens (tertiary/aromatic N) is 3. The fourth-order valence-electron chi connectivity index (χ4n) is 4.85. The van der Waals surface area contributed by atoms with Crippen molar-refractivity contribution in [2.45, 2.75) is 31.7 Å². The van der Waals surface area contributed by atoms with Crippen molar-refractivity contribution in [3.63, 3.8) is 0 Å². The van der Waals surface area contributed by atoms with Crippen LogP contribution < -0.4 is 21.2 Å². The molecule has 4 heterocycles. The van der Waals surface area contributed by atoms with Gasteiger partial charge in [-0.05, 0) is 42.9 Å². The highest BCUT2D eigenvalue weighted by molar-refractivity contribution is 6.00. The van der Waals surface area contributed by atoms with E-state index in [0.29, 0.717) is 11.8 Å². The minimum atomic E-state index is -0.638. The standard InChI is InChI=1S/C20H25N5O3/c1-23-16-10-13(24-8-6-20(7-9-24)11-21-12-20)2-3-14(16)25(19(23)28)15-4-5-17(26)22-18(15)27/h2-3,10,15,21H,4-9,11-12H2,1H3,(H,22,26,27). The van der Waals surface area contributed by atoms with Crippen molar-refractivity contribution in [1.82, 2.24) is 19.8 Å². The van der Waals surface area contributed by atoms with Crippen LogP contribution in [0.1, 0.15) is 31.7 Å². The van der Waals surface area contributed by atoms with Crippen LogP contribution in [0.4, 0.5) is 5.69 Å². The van der Waals surface area contributed by atoms with Gasteiger partial charge in [0.15, 0.2) is 0 Å². The molecule has 2 N–H and O–H groups in total. The Balaban J connectivity index is 1.48. The van der Waals surface area contributed by atoms with Crippen molar-refractivity contribution in [1.29, 1.82) is 0 Å². The van der Waals surface area contributed by atoms with Crippen LogP contribution >= 0.6 is 0 Å². The van der Waals surface area contributed by atoms with Crippen LogP contribution in [-0.4, -0.2) is 47.1 Å². The van der Waals surface area contributed by atoms with E-state index in [2.05, 4.69) is 21.6 Å². The zero-order chi connectivity index (χ0) is 19.5. The van der Waals surface area contributed by atoms with Crippen molar-refractivity contribution >= 4 is 28.5 Å². The molecule has 1 spiro atoms. The van der Waals surface area contributed by atoms with E-state index in [1.54, 1.807) is 11.6 Å². The van der Waals surface area contributed by atoms with Crippen molar-refractivity contribution in [3.8, 4) is 0 Å². The van der Waals surface area contributed by atoms with Gasteiger partial charge in [0.2, 0.25) is 11.8 Å². The average Bonchev–Trinajstić information content (AvgIpc) is 2.91. The van der Waals surface area contributed by atoms with E-state index in [1.807, 2.05) is 12.1 Å². The van der Waals surface area contributed by atoms with E-state index in [-0.39, 0.29) is 18.0 Å². The van der Waals surface area contributed by atoms with Gasteiger partial charge in [-0.15, -0.1) is 0 Å². The summed E-state index contributed by atoms with van der Waals surface area (Å²) in [5.41, 5.74) is 2.94. The Morgan fingerprint density at radius 2 is 1.82 bits per heavy atom. The highest BCUT2D eigenvalue weighted by Gasteiger charge is 2.39. The molecule has 2 amide bonds. The molecule has 1 unspecified atom stereocenters. The van der Waals surface area contributed by atoms with Gasteiger partial charge in [0.05, 0.1) is 11.0 Å². The quantitative estimate of drug-likeness (QED) is 0.738. The first kappa shape index (κ1) is 17.5. The number of anilines is 1. The summed E-state index contributed by atoms with van der Waals surface area (Å²) in [5.74, 6) is -0.674. The Morgan fingerprint density at radius 1 is 1.07 bits per heavy atom. The Labute approximate surface area is 162 Å². The molecule has 8 heteroatoms. The maximum atomic E-state index is 12.9. The number of rotatable bonds is 2. The Bertz CT molecular complexity index is 1020. The van der Waals surface area contributed by atoms with Crippen molar-refractivity contribution in [2.75, 3.05) is 31.1 Å². The summed E-state index contributed by atoms with van der Waals surface area (Å²) in [6, 6.07) is 5.39. The minimum Gasteiger partial charge on any atom is -0.371 e. The number of hydrogen-bond acceptors (Lipinski definition) is 5. The van der Waals surface area contributed by atoms with E-state index in [0.717, 1.165) is 42.9 Å². The van der Waals surface area contributed by atoms with Gasteiger partial charge in [0.25, 0.3) is 0 Å². The largest absolute Gasteiger partial charge is 0.371 e. The zero-order valence-electron chi connectivity index (χ0n) is 16.0. The Morgan fingerprint density at radius 3 is 2.46 bits per heavy atom. The first-order valence-corrected chi connectivity index (χ1v) is 9.98. The zero-order valence-corrected chi connectivity index (χ0v) is 16.0. The number of imidazole rings is 1. The second-order valence-electron chi connectivity index (χ2n) is 8.44. The molecule has 2 aromatic rings. The molecule has 0 aliphatic carbocycles. The predicted molar refractivity (Wildman–Crippen MR) is 105 cm³/mol. The number of benzene rings is 1. The average molecular weight is 383 g/mol. The summed E-state index contributed by atoms with van der Waals surface area (Å²) in [4.78, 5) is 39.0. The van der Waals surface area contributed by atoms with E-state index in [1.165, 1.54) is 17.4 Å². The van der Waals surface area contributed by atoms with Crippen LogP contribution in [0.25, 0.3) is 11.0 Å². The lowest BCUT2D eigenvalue weighted by atomic mass is 9.73. The highest BCUT2D eigenvalue weighted by atomic mass is 16.2. The molecular formula is C20H25N5O3. The van der Waals surface area contributed by atoms with Crippen LogP contribution in [0.2, 0.25) is 0 Å². The van der Waals surface area contributed by atoms with Crippen LogP contribution in [0, 0.1) is 5.41 Å². The molecule has 1 aromatic heterocycles. The summed E-state index contributed by atoms with van der Waals surface area (Å²) >= 11 is 0. The predicted octanol–water partition coefficient (Wildman–Crippen LogP) is 0.508. The number of carbonyl (C=O) groups excluding carboxylic acids is 2. The smallest absolute Gasteiger partial charge is 0.329 e. The van der Waals surface area contributed by atoms with E-state index in [4.69, 9.17) is 0 Å². The maximum absolute atomic E-state index is 12.9. The first-order chi connectivity index (χ1) is 13.5. The number of fused-ring (bicyclic) bond motifs is 1. The van der Waals surface area contributed by atoms with Gasteiger partial charge >= 0.3 is 5.69 Å². The van der Waals surface area contributed by atoms with Gasteiger partial charge in [-0.3, -0.25) is 24.0 Å².